The van der Waals surface area contributed by atoms with Crippen molar-refractivity contribution in [2.24, 2.45) is 0 Å². The molecule has 0 bridgehead atoms. The summed E-state index contributed by atoms with van der Waals surface area (Å²) in [5, 5.41) is 8.57. The lowest BCUT2D eigenvalue weighted by Crippen LogP contribution is -2.41. The Morgan fingerprint density at radius 3 is 2.24 bits per heavy atom. The highest BCUT2D eigenvalue weighted by Gasteiger charge is 2.54. The van der Waals surface area contributed by atoms with Gasteiger partial charge < -0.3 is 14.0 Å². The first-order valence-electron chi connectivity index (χ1n) is 7.70. The Morgan fingerprint density at radius 2 is 1.71 bits per heavy atom. The van der Waals surface area contributed by atoms with Crippen LogP contribution < -0.4 is 10.3 Å². The molecule has 1 aromatic heterocycles. The number of rotatable bonds is 3. The van der Waals surface area contributed by atoms with Gasteiger partial charge in [0.1, 0.15) is 0 Å². The molecule has 1 aromatic rings. The standard InChI is InChI=1S/C14H24BN3O3/c1-13(2)14(3,4)21-15(20-13)11-12(19-5)18(17-16-11)10-8-6-7-9-10/h10H,6-9H2,1-5H3. The van der Waals surface area contributed by atoms with Gasteiger partial charge in [-0.3, -0.25) is 0 Å². The first-order valence-corrected chi connectivity index (χ1v) is 7.70. The molecular formula is C14H24BN3O3. The summed E-state index contributed by atoms with van der Waals surface area (Å²) in [6.45, 7) is 8.11. The lowest BCUT2D eigenvalue weighted by molar-refractivity contribution is 0.00578. The van der Waals surface area contributed by atoms with Crippen molar-refractivity contribution in [3.63, 3.8) is 0 Å². The van der Waals surface area contributed by atoms with Crippen LogP contribution in [-0.4, -0.2) is 40.4 Å². The molecule has 1 aliphatic carbocycles. The van der Waals surface area contributed by atoms with E-state index in [0.29, 0.717) is 17.5 Å². The van der Waals surface area contributed by atoms with Crippen molar-refractivity contribution in [2.75, 3.05) is 7.11 Å². The SMILES string of the molecule is COc1c(B2OC(C)(C)C(C)(C)O2)nnn1C1CCCC1. The molecule has 1 saturated heterocycles. The minimum absolute atomic E-state index is 0.378. The van der Waals surface area contributed by atoms with E-state index in [1.54, 1.807) is 7.11 Å². The van der Waals surface area contributed by atoms with Crippen molar-refractivity contribution < 1.29 is 14.0 Å². The van der Waals surface area contributed by atoms with Crippen LogP contribution in [-0.2, 0) is 9.31 Å². The van der Waals surface area contributed by atoms with Crippen LogP contribution in [0, 0.1) is 0 Å². The molecule has 116 valence electrons. The lowest BCUT2D eigenvalue weighted by atomic mass is 9.85. The van der Waals surface area contributed by atoms with Crippen molar-refractivity contribution in [1.29, 1.82) is 0 Å². The number of methoxy groups -OCH3 is 1. The van der Waals surface area contributed by atoms with Gasteiger partial charge in [-0.1, -0.05) is 18.1 Å². The highest BCUT2D eigenvalue weighted by atomic mass is 16.7. The molecule has 0 aromatic carbocycles. The van der Waals surface area contributed by atoms with Crippen LogP contribution in [0.1, 0.15) is 59.4 Å². The van der Waals surface area contributed by atoms with E-state index in [-0.39, 0.29) is 11.2 Å². The molecule has 0 spiro atoms. The Balaban J connectivity index is 1.90. The van der Waals surface area contributed by atoms with Crippen LogP contribution in [0.2, 0.25) is 0 Å². The molecule has 0 N–H and O–H groups in total. The van der Waals surface area contributed by atoms with Crippen LogP contribution in [0.4, 0.5) is 0 Å². The van der Waals surface area contributed by atoms with Crippen molar-refractivity contribution in [3.8, 4) is 5.88 Å². The molecule has 3 rings (SSSR count). The van der Waals surface area contributed by atoms with Gasteiger partial charge in [-0.25, -0.2) is 4.68 Å². The van der Waals surface area contributed by atoms with E-state index >= 15 is 0 Å². The van der Waals surface area contributed by atoms with E-state index in [1.807, 2.05) is 32.4 Å². The van der Waals surface area contributed by atoms with Crippen LogP contribution in [0.3, 0.4) is 0 Å². The van der Waals surface area contributed by atoms with E-state index in [0.717, 1.165) is 12.8 Å². The minimum Gasteiger partial charge on any atom is -0.480 e. The molecule has 2 heterocycles. The summed E-state index contributed by atoms with van der Waals surface area (Å²) < 4.78 is 19.6. The van der Waals surface area contributed by atoms with Crippen molar-refractivity contribution in [2.45, 2.75) is 70.6 Å². The second-order valence-electron chi connectivity index (χ2n) is 6.96. The Kier molecular flexibility index (Phi) is 3.52. The number of ether oxygens (including phenoxy) is 1. The lowest BCUT2D eigenvalue weighted by Gasteiger charge is -2.32. The molecule has 0 radical (unpaired) electrons. The zero-order valence-corrected chi connectivity index (χ0v) is 13.5. The third-order valence-corrected chi connectivity index (χ3v) is 5.02. The maximum Gasteiger partial charge on any atom is 0.522 e. The van der Waals surface area contributed by atoms with Gasteiger partial charge in [0.05, 0.1) is 24.4 Å². The Morgan fingerprint density at radius 1 is 1.14 bits per heavy atom. The smallest absolute Gasteiger partial charge is 0.480 e. The zero-order chi connectivity index (χ0) is 15.3. The number of nitrogens with zero attached hydrogens (tertiary/aromatic N) is 3. The molecule has 6 nitrogen and oxygen atoms in total. The van der Waals surface area contributed by atoms with Gasteiger partial charge in [-0.2, -0.15) is 0 Å². The molecule has 0 amide bonds. The molecule has 0 atom stereocenters. The van der Waals surface area contributed by atoms with Crippen molar-refractivity contribution in [3.05, 3.63) is 0 Å². The third-order valence-electron chi connectivity index (χ3n) is 5.02. The van der Waals surface area contributed by atoms with E-state index in [1.165, 1.54) is 12.8 Å². The summed E-state index contributed by atoms with van der Waals surface area (Å²) in [7, 11) is 1.12. The number of aromatic nitrogens is 3. The van der Waals surface area contributed by atoms with Crippen molar-refractivity contribution in [1.82, 2.24) is 15.0 Å². The highest BCUT2D eigenvalue weighted by molar-refractivity contribution is 6.62. The van der Waals surface area contributed by atoms with Gasteiger partial charge in [-0.05, 0) is 40.5 Å². The zero-order valence-electron chi connectivity index (χ0n) is 13.5. The predicted octanol–water partition coefficient (Wildman–Crippen LogP) is 1.70. The summed E-state index contributed by atoms with van der Waals surface area (Å²) in [6.07, 6.45) is 4.73. The fraction of sp³-hybridized carbons (Fsp3) is 0.857. The number of hydrogen-bond acceptors (Lipinski definition) is 5. The minimum atomic E-state index is -0.528. The summed E-state index contributed by atoms with van der Waals surface area (Å²) in [5.74, 6) is 0.667. The maximum absolute atomic E-state index is 6.05. The molecule has 1 aliphatic heterocycles. The first-order chi connectivity index (χ1) is 9.86. The molecule has 0 unspecified atom stereocenters. The second kappa shape index (κ2) is 4.99. The first kappa shape index (κ1) is 14.8. The van der Waals surface area contributed by atoms with E-state index < -0.39 is 7.12 Å². The van der Waals surface area contributed by atoms with Gasteiger partial charge in [0, 0.05) is 0 Å². The summed E-state index contributed by atoms with van der Waals surface area (Å²) >= 11 is 0. The van der Waals surface area contributed by atoms with Crippen LogP contribution in [0.25, 0.3) is 0 Å². The van der Waals surface area contributed by atoms with Gasteiger partial charge in [0.15, 0.2) is 5.59 Å². The van der Waals surface area contributed by atoms with E-state index in [2.05, 4.69) is 10.3 Å². The van der Waals surface area contributed by atoms with Gasteiger partial charge in [0.25, 0.3) is 0 Å². The average molecular weight is 293 g/mol. The van der Waals surface area contributed by atoms with E-state index in [4.69, 9.17) is 14.0 Å². The molecule has 1 saturated carbocycles. The Bertz CT molecular complexity index is 508. The molecule has 2 aliphatic rings. The maximum atomic E-state index is 6.05. The van der Waals surface area contributed by atoms with Crippen LogP contribution >= 0.6 is 0 Å². The third kappa shape index (κ3) is 2.36. The Labute approximate surface area is 126 Å². The van der Waals surface area contributed by atoms with Crippen molar-refractivity contribution >= 4 is 12.7 Å². The highest BCUT2D eigenvalue weighted by Crippen LogP contribution is 2.37. The monoisotopic (exact) mass is 293 g/mol. The molecular weight excluding hydrogens is 269 g/mol. The summed E-state index contributed by atoms with van der Waals surface area (Å²) in [5.41, 5.74) is -0.136. The van der Waals surface area contributed by atoms with Crippen LogP contribution in [0.5, 0.6) is 5.88 Å². The largest absolute Gasteiger partial charge is 0.522 e. The molecule has 7 heteroatoms. The van der Waals surface area contributed by atoms with E-state index in [9.17, 15) is 0 Å². The predicted molar refractivity (Wildman–Crippen MR) is 79.8 cm³/mol. The molecule has 2 fully saturated rings. The quantitative estimate of drug-likeness (QED) is 0.794. The Hall–Kier alpha value is -1.08. The second-order valence-corrected chi connectivity index (χ2v) is 6.96. The fourth-order valence-electron chi connectivity index (χ4n) is 2.99. The normalized spacial score (nSPS) is 24.7. The van der Waals surface area contributed by atoms with Crippen LogP contribution in [0.15, 0.2) is 0 Å². The van der Waals surface area contributed by atoms with Gasteiger partial charge >= 0.3 is 7.12 Å². The fourth-order valence-corrected chi connectivity index (χ4v) is 2.99. The van der Waals surface area contributed by atoms with Gasteiger partial charge in [-0.15, -0.1) is 5.10 Å². The average Bonchev–Trinajstić information content (AvgIpc) is 3.08. The summed E-state index contributed by atoms with van der Waals surface area (Å²) in [6, 6.07) is 0.378. The van der Waals surface area contributed by atoms with Gasteiger partial charge in [0.2, 0.25) is 5.88 Å². The number of hydrogen-bond donors (Lipinski definition) is 0. The topological polar surface area (TPSA) is 58.4 Å². The molecule has 21 heavy (non-hydrogen) atoms. The summed E-state index contributed by atoms with van der Waals surface area (Å²) in [4.78, 5) is 0.